The first-order valence-electron chi connectivity index (χ1n) is 12.8. The summed E-state index contributed by atoms with van der Waals surface area (Å²) < 4.78 is 0. The van der Waals surface area contributed by atoms with E-state index in [1.807, 2.05) is 0 Å². The number of fused-ring (bicyclic) bond motifs is 2. The van der Waals surface area contributed by atoms with Gasteiger partial charge in [-0.1, -0.05) is 133 Å². The van der Waals surface area contributed by atoms with E-state index in [0.29, 0.717) is 0 Å². The van der Waals surface area contributed by atoms with Crippen LogP contribution < -0.4 is 0 Å². The Bertz CT molecular complexity index is 1330. The van der Waals surface area contributed by atoms with Crippen molar-refractivity contribution in [2.45, 2.75) is 38.8 Å². The van der Waals surface area contributed by atoms with E-state index >= 15 is 0 Å². The van der Waals surface area contributed by atoms with E-state index in [9.17, 15) is 0 Å². The lowest BCUT2D eigenvalue weighted by Gasteiger charge is -2.30. The van der Waals surface area contributed by atoms with Crippen LogP contribution in [0.2, 0.25) is 13.1 Å². The molecule has 0 aliphatic heterocycles. The lowest BCUT2D eigenvalue weighted by Crippen LogP contribution is -2.34. The van der Waals surface area contributed by atoms with Gasteiger partial charge in [0.1, 0.15) is 8.07 Å². The summed E-state index contributed by atoms with van der Waals surface area (Å²) in [5.41, 5.74) is 12.0. The van der Waals surface area contributed by atoms with Gasteiger partial charge in [-0.25, -0.2) is 0 Å². The molecule has 35 heavy (non-hydrogen) atoms. The van der Waals surface area contributed by atoms with Gasteiger partial charge in [0.15, 0.2) is 0 Å². The van der Waals surface area contributed by atoms with Crippen LogP contribution in [0.4, 0.5) is 0 Å². The monoisotopic (exact) mass is 468 g/mol. The molecule has 2 aliphatic rings. The minimum absolute atomic E-state index is 1.03. The fourth-order valence-electron chi connectivity index (χ4n) is 6.24. The minimum Gasteiger partial charge on any atom is -0.0680 e. The average molecular weight is 469 g/mol. The zero-order valence-electron chi connectivity index (χ0n) is 20.7. The minimum atomic E-state index is -1.91. The molecule has 0 aromatic heterocycles. The molecule has 0 saturated carbocycles. The van der Waals surface area contributed by atoms with E-state index in [2.05, 4.69) is 122 Å². The van der Waals surface area contributed by atoms with E-state index in [1.165, 1.54) is 33.4 Å². The SMILES string of the molecule is C[Si](C)(C1=C(Cc2ccccc2)c2ccccc2C1)C1=C(Cc2ccccc2)c2ccccc2C1. The maximum Gasteiger partial charge on any atom is 0.104 e. The lowest BCUT2D eigenvalue weighted by molar-refractivity contribution is 1.21. The maximum atomic E-state index is 2.62. The summed E-state index contributed by atoms with van der Waals surface area (Å²) in [6.45, 7) is 5.23. The molecule has 0 bridgehead atoms. The third-order valence-electron chi connectivity index (χ3n) is 8.10. The molecule has 0 N–H and O–H groups in total. The van der Waals surface area contributed by atoms with Crippen LogP contribution in [0.3, 0.4) is 0 Å². The van der Waals surface area contributed by atoms with Crippen molar-refractivity contribution in [3.05, 3.63) is 153 Å². The Balaban J connectivity index is 1.49. The highest BCUT2D eigenvalue weighted by Crippen LogP contribution is 2.47. The molecule has 0 spiro atoms. The van der Waals surface area contributed by atoms with Crippen LogP contribution in [-0.2, 0) is 25.7 Å². The molecule has 4 aromatic carbocycles. The third kappa shape index (κ3) is 4.04. The summed E-state index contributed by atoms with van der Waals surface area (Å²) in [6, 6.07) is 40.3. The second-order valence-electron chi connectivity index (χ2n) is 10.5. The van der Waals surface area contributed by atoms with Crippen LogP contribution in [0.15, 0.2) is 120 Å². The lowest BCUT2D eigenvalue weighted by atomic mass is 9.99. The van der Waals surface area contributed by atoms with Crippen LogP contribution >= 0.6 is 0 Å². The van der Waals surface area contributed by atoms with Crippen LogP contribution in [0.1, 0.15) is 33.4 Å². The maximum absolute atomic E-state index is 2.62. The Labute approximate surface area is 210 Å². The molecule has 0 amide bonds. The van der Waals surface area contributed by atoms with Crippen LogP contribution in [0.25, 0.3) is 11.1 Å². The fraction of sp³-hybridized carbons (Fsp3) is 0.176. The van der Waals surface area contributed by atoms with Gasteiger partial charge in [0.05, 0.1) is 0 Å². The van der Waals surface area contributed by atoms with Gasteiger partial charge < -0.3 is 0 Å². The van der Waals surface area contributed by atoms with Crippen molar-refractivity contribution in [1.82, 2.24) is 0 Å². The normalized spacial score (nSPS) is 14.9. The molecule has 0 radical (unpaired) electrons. The predicted octanol–water partition coefficient (Wildman–Crippen LogP) is 8.28. The highest BCUT2D eigenvalue weighted by molar-refractivity contribution is 6.92. The highest BCUT2D eigenvalue weighted by atomic mass is 28.3. The third-order valence-corrected chi connectivity index (χ3v) is 12.1. The molecule has 0 saturated heterocycles. The van der Waals surface area contributed by atoms with Gasteiger partial charge >= 0.3 is 0 Å². The van der Waals surface area contributed by atoms with E-state index in [0.717, 1.165) is 25.7 Å². The van der Waals surface area contributed by atoms with Gasteiger partial charge in [-0.05, 0) is 70.2 Å². The van der Waals surface area contributed by atoms with Crippen LogP contribution in [0.5, 0.6) is 0 Å². The Kier molecular flexibility index (Phi) is 5.66. The summed E-state index contributed by atoms with van der Waals surface area (Å²) in [4.78, 5) is 0. The van der Waals surface area contributed by atoms with Gasteiger partial charge in [0, 0.05) is 0 Å². The standard InChI is InChI=1S/C34H32Si/c1-35(2,33-23-27-17-9-11-19-29(27)31(33)21-25-13-5-3-6-14-25)34-24-28-18-10-12-20-30(28)32(34)22-26-15-7-4-8-16-26/h3-20H,21-24H2,1-2H3. The van der Waals surface area contributed by atoms with Gasteiger partial charge in [0.2, 0.25) is 0 Å². The van der Waals surface area contributed by atoms with E-state index in [4.69, 9.17) is 0 Å². The number of allylic oxidation sites excluding steroid dienone is 4. The summed E-state index contributed by atoms with van der Waals surface area (Å²) >= 11 is 0. The van der Waals surface area contributed by atoms with Crippen molar-refractivity contribution in [2.75, 3.05) is 0 Å². The zero-order chi connectivity index (χ0) is 23.8. The Morgan fingerprint density at radius 3 is 1.29 bits per heavy atom. The van der Waals surface area contributed by atoms with Crippen molar-refractivity contribution in [3.8, 4) is 0 Å². The van der Waals surface area contributed by atoms with Gasteiger partial charge in [-0.3, -0.25) is 0 Å². The van der Waals surface area contributed by atoms with Crippen molar-refractivity contribution in [3.63, 3.8) is 0 Å². The second kappa shape index (κ2) is 8.98. The number of hydrogen-bond donors (Lipinski definition) is 0. The Morgan fingerprint density at radius 2 is 0.857 bits per heavy atom. The van der Waals surface area contributed by atoms with Crippen LogP contribution in [-0.4, -0.2) is 8.07 Å². The van der Waals surface area contributed by atoms with Crippen molar-refractivity contribution >= 4 is 19.2 Å². The number of hydrogen-bond acceptors (Lipinski definition) is 0. The molecule has 4 aromatic rings. The highest BCUT2D eigenvalue weighted by Gasteiger charge is 2.40. The predicted molar refractivity (Wildman–Crippen MR) is 152 cm³/mol. The quantitative estimate of drug-likeness (QED) is 0.250. The molecular formula is C34H32Si. The van der Waals surface area contributed by atoms with Crippen molar-refractivity contribution < 1.29 is 0 Å². The summed E-state index contributed by atoms with van der Waals surface area (Å²) in [7, 11) is -1.91. The second-order valence-corrected chi connectivity index (χ2v) is 15.0. The van der Waals surface area contributed by atoms with Crippen molar-refractivity contribution in [1.29, 1.82) is 0 Å². The van der Waals surface area contributed by atoms with E-state index in [1.54, 1.807) is 21.5 Å². The smallest absolute Gasteiger partial charge is 0.0680 e. The molecule has 0 nitrogen and oxygen atoms in total. The molecule has 2 aliphatic carbocycles. The molecule has 0 unspecified atom stereocenters. The van der Waals surface area contributed by atoms with Gasteiger partial charge in [0.25, 0.3) is 0 Å². The first kappa shape index (κ1) is 22.1. The number of rotatable bonds is 6. The first-order chi connectivity index (χ1) is 17.1. The first-order valence-corrected chi connectivity index (χ1v) is 15.8. The number of benzene rings is 4. The molecule has 6 rings (SSSR count). The Morgan fingerprint density at radius 1 is 0.486 bits per heavy atom. The average Bonchev–Trinajstić information content (AvgIpc) is 3.45. The van der Waals surface area contributed by atoms with Crippen molar-refractivity contribution in [2.24, 2.45) is 0 Å². The zero-order valence-corrected chi connectivity index (χ0v) is 21.7. The summed E-state index contributed by atoms with van der Waals surface area (Å²) in [6.07, 6.45) is 4.27. The summed E-state index contributed by atoms with van der Waals surface area (Å²) in [5, 5.41) is 3.46. The van der Waals surface area contributed by atoms with E-state index in [-0.39, 0.29) is 0 Å². The molecule has 172 valence electrons. The molecule has 0 atom stereocenters. The largest absolute Gasteiger partial charge is 0.104 e. The molecular weight excluding hydrogens is 436 g/mol. The fourth-order valence-corrected chi connectivity index (χ4v) is 9.82. The van der Waals surface area contributed by atoms with Gasteiger partial charge in [-0.15, -0.1) is 0 Å². The topological polar surface area (TPSA) is 0 Å². The van der Waals surface area contributed by atoms with Gasteiger partial charge in [-0.2, -0.15) is 0 Å². The van der Waals surface area contributed by atoms with Crippen LogP contribution in [0, 0.1) is 0 Å². The van der Waals surface area contributed by atoms with E-state index < -0.39 is 8.07 Å². The molecule has 1 heteroatoms. The Hall–Kier alpha value is -3.42. The summed E-state index contributed by atoms with van der Waals surface area (Å²) in [5.74, 6) is 0. The molecule has 0 heterocycles. The molecule has 0 fully saturated rings.